The van der Waals surface area contributed by atoms with E-state index in [-0.39, 0.29) is 5.82 Å². The lowest BCUT2D eigenvalue weighted by molar-refractivity contribution is 0.625. The second-order valence-electron chi connectivity index (χ2n) is 3.93. The van der Waals surface area contributed by atoms with Gasteiger partial charge in [0.15, 0.2) is 5.65 Å². The fourth-order valence-electron chi connectivity index (χ4n) is 1.84. The molecule has 0 saturated heterocycles. The van der Waals surface area contributed by atoms with E-state index in [1.165, 1.54) is 12.1 Å². The number of benzene rings is 1. The van der Waals surface area contributed by atoms with Gasteiger partial charge in [-0.05, 0) is 25.1 Å². The largest absolute Gasteiger partial charge is 0.383 e. The van der Waals surface area contributed by atoms with Crippen molar-refractivity contribution in [2.24, 2.45) is 0 Å². The van der Waals surface area contributed by atoms with Crippen LogP contribution in [-0.2, 0) is 0 Å². The molecule has 0 saturated carbocycles. The van der Waals surface area contributed by atoms with Crippen LogP contribution < -0.4 is 5.73 Å². The molecule has 0 unspecified atom stereocenters. The van der Waals surface area contributed by atoms with Gasteiger partial charge in [-0.15, -0.1) is 0 Å². The molecular formula is C12H10FN5. The number of aromatic nitrogens is 4. The number of hydrogen-bond acceptors (Lipinski definition) is 4. The van der Waals surface area contributed by atoms with Gasteiger partial charge in [0.2, 0.25) is 0 Å². The summed E-state index contributed by atoms with van der Waals surface area (Å²) in [5, 5.41) is 4.83. The molecule has 18 heavy (non-hydrogen) atoms. The van der Waals surface area contributed by atoms with Gasteiger partial charge in [-0.2, -0.15) is 5.10 Å². The molecule has 0 radical (unpaired) electrons. The molecule has 0 aliphatic heterocycles. The Labute approximate surface area is 102 Å². The van der Waals surface area contributed by atoms with Gasteiger partial charge >= 0.3 is 0 Å². The molecule has 0 spiro atoms. The lowest BCUT2D eigenvalue weighted by Crippen LogP contribution is -2.01. The lowest BCUT2D eigenvalue weighted by Gasteiger charge is -2.03. The van der Waals surface area contributed by atoms with Gasteiger partial charge in [0.1, 0.15) is 17.5 Å². The first-order valence-electron chi connectivity index (χ1n) is 5.39. The fourth-order valence-corrected chi connectivity index (χ4v) is 1.84. The van der Waals surface area contributed by atoms with Crippen molar-refractivity contribution in [3.63, 3.8) is 0 Å². The number of rotatable bonds is 1. The van der Waals surface area contributed by atoms with Gasteiger partial charge < -0.3 is 5.73 Å². The predicted molar refractivity (Wildman–Crippen MR) is 65.8 cm³/mol. The van der Waals surface area contributed by atoms with E-state index in [0.717, 1.165) is 0 Å². The van der Waals surface area contributed by atoms with Crippen LogP contribution in [0.15, 0.2) is 30.5 Å². The molecule has 0 atom stereocenters. The van der Waals surface area contributed by atoms with Crippen LogP contribution in [0.4, 0.5) is 10.2 Å². The Balaban J connectivity index is 2.30. The Kier molecular flexibility index (Phi) is 2.22. The van der Waals surface area contributed by atoms with E-state index in [1.807, 2.05) is 0 Å². The van der Waals surface area contributed by atoms with Gasteiger partial charge in [0, 0.05) is 0 Å². The van der Waals surface area contributed by atoms with Crippen molar-refractivity contribution in [3.05, 3.63) is 42.1 Å². The Morgan fingerprint density at radius 3 is 2.89 bits per heavy atom. The number of nitrogen functional groups attached to an aromatic ring is 1. The topological polar surface area (TPSA) is 69.6 Å². The van der Waals surface area contributed by atoms with Crippen LogP contribution in [0.1, 0.15) is 5.82 Å². The summed E-state index contributed by atoms with van der Waals surface area (Å²) in [7, 11) is 0. The predicted octanol–water partition coefficient (Wildman–Crippen LogP) is 1.85. The second-order valence-corrected chi connectivity index (χ2v) is 3.93. The molecule has 0 fully saturated rings. The molecule has 3 aromatic rings. The maximum atomic E-state index is 13.2. The number of fused-ring (bicyclic) bond motifs is 1. The van der Waals surface area contributed by atoms with E-state index in [4.69, 9.17) is 5.73 Å². The molecule has 0 bridgehead atoms. The molecule has 2 heterocycles. The monoisotopic (exact) mass is 243 g/mol. The fraction of sp³-hybridized carbons (Fsp3) is 0.0833. The number of hydrogen-bond donors (Lipinski definition) is 1. The van der Waals surface area contributed by atoms with E-state index in [1.54, 1.807) is 29.9 Å². The van der Waals surface area contributed by atoms with Crippen LogP contribution in [0.5, 0.6) is 0 Å². The van der Waals surface area contributed by atoms with Crippen LogP contribution in [-0.4, -0.2) is 19.7 Å². The molecule has 3 rings (SSSR count). The maximum Gasteiger partial charge on any atom is 0.168 e. The summed E-state index contributed by atoms with van der Waals surface area (Å²) in [4.78, 5) is 8.35. The Morgan fingerprint density at radius 1 is 1.28 bits per heavy atom. The third-order valence-electron chi connectivity index (χ3n) is 2.62. The van der Waals surface area contributed by atoms with Crippen LogP contribution >= 0.6 is 0 Å². The summed E-state index contributed by atoms with van der Waals surface area (Å²) < 4.78 is 14.8. The Hall–Kier alpha value is -2.50. The van der Waals surface area contributed by atoms with Gasteiger partial charge in [-0.25, -0.2) is 19.0 Å². The summed E-state index contributed by atoms with van der Waals surface area (Å²) in [5.41, 5.74) is 6.97. The highest BCUT2D eigenvalue weighted by molar-refractivity contribution is 5.86. The van der Waals surface area contributed by atoms with Crippen molar-refractivity contribution in [2.75, 3.05) is 5.73 Å². The van der Waals surface area contributed by atoms with E-state index < -0.39 is 0 Å². The lowest BCUT2D eigenvalue weighted by atomic mass is 10.3. The Morgan fingerprint density at radius 2 is 2.11 bits per heavy atom. The van der Waals surface area contributed by atoms with Gasteiger partial charge in [0.05, 0.1) is 17.3 Å². The zero-order valence-corrected chi connectivity index (χ0v) is 9.63. The zero-order valence-electron chi connectivity index (χ0n) is 9.63. The molecule has 2 N–H and O–H groups in total. The third kappa shape index (κ3) is 1.58. The van der Waals surface area contributed by atoms with Crippen molar-refractivity contribution >= 4 is 16.9 Å². The molecule has 5 nitrogen and oxygen atoms in total. The molecule has 1 aromatic carbocycles. The van der Waals surface area contributed by atoms with E-state index in [2.05, 4.69) is 15.1 Å². The summed E-state index contributed by atoms with van der Waals surface area (Å²) in [6.07, 6.45) is 1.58. The van der Waals surface area contributed by atoms with Crippen molar-refractivity contribution in [1.82, 2.24) is 19.7 Å². The molecule has 0 amide bonds. The number of nitrogens with two attached hydrogens (primary N) is 1. The van der Waals surface area contributed by atoms with Crippen molar-refractivity contribution < 1.29 is 4.39 Å². The maximum absolute atomic E-state index is 13.2. The van der Waals surface area contributed by atoms with Gasteiger partial charge in [-0.1, -0.05) is 6.07 Å². The molecule has 2 aromatic heterocycles. The van der Waals surface area contributed by atoms with E-state index >= 15 is 0 Å². The van der Waals surface area contributed by atoms with Crippen LogP contribution in [0.3, 0.4) is 0 Å². The van der Waals surface area contributed by atoms with Gasteiger partial charge in [-0.3, -0.25) is 0 Å². The minimum Gasteiger partial charge on any atom is -0.383 e. The van der Waals surface area contributed by atoms with Crippen molar-refractivity contribution in [1.29, 1.82) is 0 Å². The van der Waals surface area contributed by atoms with Crippen molar-refractivity contribution in [2.45, 2.75) is 6.92 Å². The number of nitrogens with zero attached hydrogens (tertiary/aromatic N) is 4. The first-order valence-corrected chi connectivity index (χ1v) is 5.39. The average Bonchev–Trinajstić information content (AvgIpc) is 2.72. The molecule has 6 heteroatoms. The Bertz CT molecular complexity index is 734. The minimum absolute atomic E-state index is 0.324. The second kappa shape index (κ2) is 3.76. The smallest absolute Gasteiger partial charge is 0.168 e. The molecular weight excluding hydrogens is 233 g/mol. The van der Waals surface area contributed by atoms with E-state index in [9.17, 15) is 4.39 Å². The number of halogens is 1. The highest BCUT2D eigenvalue weighted by Crippen LogP contribution is 2.20. The molecule has 0 aliphatic rings. The van der Waals surface area contributed by atoms with Crippen LogP contribution in [0, 0.1) is 12.7 Å². The summed E-state index contributed by atoms with van der Waals surface area (Å²) in [6.45, 7) is 1.75. The normalized spacial score (nSPS) is 11.0. The first-order chi connectivity index (χ1) is 8.65. The summed E-state index contributed by atoms with van der Waals surface area (Å²) in [6, 6.07) is 6.14. The van der Waals surface area contributed by atoms with E-state index in [0.29, 0.717) is 28.4 Å². The standard InChI is InChI=1S/C12H10FN5/c1-7-16-11(14)10-6-15-18(12(10)17-7)9-4-2-3-8(13)5-9/h2-6H,1H3,(H2,14,16,17). The van der Waals surface area contributed by atoms with Crippen LogP contribution in [0.2, 0.25) is 0 Å². The average molecular weight is 243 g/mol. The SMILES string of the molecule is Cc1nc(N)c2cnn(-c3cccc(F)c3)c2n1. The van der Waals surface area contributed by atoms with Gasteiger partial charge in [0.25, 0.3) is 0 Å². The number of aryl methyl sites for hydroxylation is 1. The first kappa shape index (κ1) is 10.6. The van der Waals surface area contributed by atoms with Crippen LogP contribution in [0.25, 0.3) is 16.7 Å². The zero-order chi connectivity index (χ0) is 12.7. The third-order valence-corrected chi connectivity index (χ3v) is 2.62. The molecule has 0 aliphatic carbocycles. The number of anilines is 1. The minimum atomic E-state index is -0.324. The molecule has 90 valence electrons. The highest BCUT2D eigenvalue weighted by atomic mass is 19.1. The summed E-state index contributed by atoms with van der Waals surface area (Å²) in [5.74, 6) is 0.605. The highest BCUT2D eigenvalue weighted by Gasteiger charge is 2.10. The van der Waals surface area contributed by atoms with Crippen molar-refractivity contribution in [3.8, 4) is 5.69 Å². The summed E-state index contributed by atoms with van der Waals surface area (Å²) >= 11 is 0. The quantitative estimate of drug-likeness (QED) is 0.708.